The van der Waals surface area contributed by atoms with Crippen molar-refractivity contribution in [3.63, 3.8) is 0 Å². The standard InChI is InChI=1S/C19H22N4O3/c1-26-19(7-4-8-19)9-10-22-12-15(20-21-22)13-23-16-6-3-2-5-14(16)11-17(23)18(24)25/h2-3,5-6,11-12H,4,7-10,13H2,1H3,(H,24,25). The topological polar surface area (TPSA) is 82.2 Å². The lowest BCUT2D eigenvalue weighted by atomic mass is 9.77. The maximum atomic E-state index is 11.6. The lowest BCUT2D eigenvalue weighted by Gasteiger charge is -2.40. The molecule has 1 fully saturated rings. The molecule has 1 N–H and O–H groups in total. The van der Waals surface area contributed by atoms with Crippen LogP contribution in [0.3, 0.4) is 0 Å². The molecule has 136 valence electrons. The first-order valence-corrected chi connectivity index (χ1v) is 8.86. The smallest absolute Gasteiger partial charge is 0.352 e. The molecule has 7 nitrogen and oxygen atoms in total. The van der Waals surface area contributed by atoms with Crippen LogP contribution in [-0.2, 0) is 17.8 Å². The summed E-state index contributed by atoms with van der Waals surface area (Å²) in [5.41, 5.74) is 1.88. The molecule has 1 saturated carbocycles. The molecule has 0 saturated heterocycles. The second-order valence-electron chi connectivity index (χ2n) is 6.94. The molecule has 0 unspecified atom stereocenters. The summed E-state index contributed by atoms with van der Waals surface area (Å²) in [4.78, 5) is 11.6. The van der Waals surface area contributed by atoms with Crippen LogP contribution in [0, 0.1) is 0 Å². The van der Waals surface area contributed by atoms with Gasteiger partial charge in [-0.1, -0.05) is 23.4 Å². The van der Waals surface area contributed by atoms with E-state index < -0.39 is 5.97 Å². The average Bonchev–Trinajstić information content (AvgIpc) is 3.20. The summed E-state index contributed by atoms with van der Waals surface area (Å²) in [5, 5.41) is 18.8. The molecule has 0 atom stereocenters. The Bertz CT molecular complexity index is 934. The van der Waals surface area contributed by atoms with Crippen LogP contribution in [0.4, 0.5) is 0 Å². The van der Waals surface area contributed by atoms with Gasteiger partial charge in [0.15, 0.2) is 0 Å². The first kappa shape index (κ1) is 16.8. The zero-order valence-corrected chi connectivity index (χ0v) is 14.8. The maximum Gasteiger partial charge on any atom is 0.352 e. The highest BCUT2D eigenvalue weighted by Gasteiger charge is 2.36. The Morgan fingerprint density at radius 2 is 2.15 bits per heavy atom. The van der Waals surface area contributed by atoms with Crippen LogP contribution >= 0.6 is 0 Å². The fraction of sp³-hybridized carbons (Fsp3) is 0.421. The number of nitrogens with zero attached hydrogens (tertiary/aromatic N) is 4. The van der Waals surface area contributed by atoms with Crippen molar-refractivity contribution in [2.45, 2.75) is 44.4 Å². The van der Waals surface area contributed by atoms with Gasteiger partial charge in [-0.15, -0.1) is 5.10 Å². The molecule has 0 amide bonds. The van der Waals surface area contributed by atoms with Crippen LogP contribution in [0.1, 0.15) is 41.9 Å². The second-order valence-corrected chi connectivity index (χ2v) is 6.94. The van der Waals surface area contributed by atoms with E-state index in [2.05, 4.69) is 10.3 Å². The van der Waals surface area contributed by atoms with Crippen molar-refractivity contribution in [1.82, 2.24) is 19.6 Å². The zero-order valence-electron chi connectivity index (χ0n) is 14.8. The number of para-hydroxylation sites is 1. The Kier molecular flexibility index (Phi) is 4.24. The first-order valence-electron chi connectivity index (χ1n) is 8.86. The highest BCUT2D eigenvalue weighted by atomic mass is 16.5. The average molecular weight is 354 g/mol. The predicted octanol–water partition coefficient (Wildman–Crippen LogP) is 2.94. The summed E-state index contributed by atoms with van der Waals surface area (Å²) in [7, 11) is 1.77. The number of methoxy groups -OCH3 is 1. The van der Waals surface area contributed by atoms with E-state index in [1.807, 2.05) is 35.1 Å². The van der Waals surface area contributed by atoms with E-state index in [-0.39, 0.29) is 11.3 Å². The molecule has 1 aliphatic rings. The van der Waals surface area contributed by atoms with Crippen LogP contribution in [0.5, 0.6) is 0 Å². The minimum absolute atomic E-state index is 0.000773. The molecule has 2 aromatic heterocycles. The van der Waals surface area contributed by atoms with E-state index in [1.165, 1.54) is 6.42 Å². The summed E-state index contributed by atoms with van der Waals surface area (Å²) >= 11 is 0. The summed E-state index contributed by atoms with van der Waals surface area (Å²) in [5.74, 6) is -0.944. The zero-order chi connectivity index (χ0) is 18.1. The molecule has 4 rings (SSSR count). The van der Waals surface area contributed by atoms with Crippen molar-refractivity contribution in [3.8, 4) is 0 Å². The van der Waals surface area contributed by atoms with Gasteiger partial charge in [0.05, 0.1) is 18.3 Å². The molecule has 0 aliphatic heterocycles. The number of rotatable bonds is 7. The molecule has 0 spiro atoms. The van der Waals surface area contributed by atoms with Crippen molar-refractivity contribution in [2.24, 2.45) is 0 Å². The van der Waals surface area contributed by atoms with Gasteiger partial charge in [-0.05, 0) is 37.8 Å². The van der Waals surface area contributed by atoms with Crippen molar-refractivity contribution in [3.05, 3.63) is 47.9 Å². The highest BCUT2D eigenvalue weighted by Crippen LogP contribution is 2.38. The number of carbonyl (C=O) groups is 1. The number of aromatic nitrogens is 4. The van der Waals surface area contributed by atoms with Crippen molar-refractivity contribution < 1.29 is 14.6 Å². The van der Waals surface area contributed by atoms with Crippen LogP contribution < -0.4 is 0 Å². The van der Waals surface area contributed by atoms with Gasteiger partial charge in [-0.3, -0.25) is 4.68 Å². The SMILES string of the molecule is COC1(CCn2cc(Cn3c(C(=O)O)cc4ccccc43)nn2)CCC1. The third kappa shape index (κ3) is 2.99. The number of aromatic carboxylic acids is 1. The predicted molar refractivity (Wildman–Crippen MR) is 96.2 cm³/mol. The Morgan fingerprint density at radius 3 is 2.85 bits per heavy atom. The minimum atomic E-state index is -0.944. The van der Waals surface area contributed by atoms with E-state index in [9.17, 15) is 9.90 Å². The number of ether oxygens (including phenoxy) is 1. The van der Waals surface area contributed by atoms with Gasteiger partial charge in [0.25, 0.3) is 0 Å². The lowest BCUT2D eigenvalue weighted by Crippen LogP contribution is -2.40. The maximum absolute atomic E-state index is 11.6. The Morgan fingerprint density at radius 1 is 1.35 bits per heavy atom. The van der Waals surface area contributed by atoms with Gasteiger partial charge in [0.1, 0.15) is 11.4 Å². The quantitative estimate of drug-likeness (QED) is 0.705. The van der Waals surface area contributed by atoms with E-state index in [1.54, 1.807) is 17.7 Å². The molecule has 0 bridgehead atoms. The molecular formula is C19H22N4O3. The summed E-state index contributed by atoms with van der Waals surface area (Å²) in [6.45, 7) is 1.13. The summed E-state index contributed by atoms with van der Waals surface area (Å²) < 4.78 is 9.24. The van der Waals surface area contributed by atoms with Crippen molar-refractivity contribution in [1.29, 1.82) is 0 Å². The molecule has 1 aliphatic carbocycles. The van der Waals surface area contributed by atoms with Crippen LogP contribution in [0.15, 0.2) is 36.5 Å². The van der Waals surface area contributed by atoms with E-state index in [0.717, 1.165) is 42.4 Å². The number of hydrogen-bond donors (Lipinski definition) is 1. The molecule has 0 radical (unpaired) electrons. The lowest BCUT2D eigenvalue weighted by molar-refractivity contribution is -0.0805. The molecule has 2 heterocycles. The van der Waals surface area contributed by atoms with Gasteiger partial charge in [-0.2, -0.15) is 0 Å². The van der Waals surface area contributed by atoms with Crippen molar-refractivity contribution >= 4 is 16.9 Å². The fourth-order valence-corrected chi connectivity index (χ4v) is 3.69. The third-order valence-electron chi connectivity index (χ3n) is 5.43. The molecule has 26 heavy (non-hydrogen) atoms. The highest BCUT2D eigenvalue weighted by molar-refractivity contribution is 5.94. The number of aryl methyl sites for hydroxylation is 1. The number of hydrogen-bond acceptors (Lipinski definition) is 4. The molecule has 3 aromatic rings. The molecule has 7 heteroatoms. The van der Waals surface area contributed by atoms with Gasteiger partial charge in [0.2, 0.25) is 0 Å². The van der Waals surface area contributed by atoms with Gasteiger partial charge < -0.3 is 14.4 Å². The number of benzene rings is 1. The van der Waals surface area contributed by atoms with Gasteiger partial charge >= 0.3 is 5.97 Å². The van der Waals surface area contributed by atoms with Crippen molar-refractivity contribution in [2.75, 3.05) is 7.11 Å². The van der Waals surface area contributed by atoms with E-state index in [4.69, 9.17) is 4.74 Å². The summed E-state index contributed by atoms with van der Waals surface area (Å²) in [6.07, 6.45) is 6.22. The van der Waals surface area contributed by atoms with Crippen LogP contribution in [0.2, 0.25) is 0 Å². The Hall–Kier alpha value is -2.67. The Labute approximate surface area is 151 Å². The fourth-order valence-electron chi connectivity index (χ4n) is 3.69. The second kappa shape index (κ2) is 6.57. The van der Waals surface area contributed by atoms with E-state index in [0.29, 0.717) is 6.54 Å². The van der Waals surface area contributed by atoms with Crippen LogP contribution in [-0.4, -0.2) is 43.3 Å². The summed E-state index contributed by atoms with van der Waals surface area (Å²) in [6, 6.07) is 9.34. The van der Waals surface area contributed by atoms with Crippen LogP contribution in [0.25, 0.3) is 10.9 Å². The van der Waals surface area contributed by atoms with E-state index >= 15 is 0 Å². The molecule has 1 aromatic carbocycles. The monoisotopic (exact) mass is 354 g/mol. The Balaban J connectivity index is 1.53. The third-order valence-corrected chi connectivity index (χ3v) is 5.43. The minimum Gasteiger partial charge on any atom is -0.477 e. The normalized spacial score (nSPS) is 15.9. The number of fused-ring (bicyclic) bond motifs is 1. The van der Waals surface area contributed by atoms with Gasteiger partial charge in [-0.25, -0.2) is 4.79 Å². The first-order chi connectivity index (χ1) is 12.6. The molecular weight excluding hydrogens is 332 g/mol. The number of carboxylic acids is 1. The number of carboxylic acid groups (broad SMARTS) is 1. The largest absolute Gasteiger partial charge is 0.477 e. The van der Waals surface area contributed by atoms with Gasteiger partial charge in [0, 0.05) is 24.6 Å².